The lowest BCUT2D eigenvalue weighted by Crippen LogP contribution is -2.53. The largest absolute Gasteiger partial charge is 0.480 e. The molecule has 5 heteroatoms. The third-order valence-corrected chi connectivity index (χ3v) is 3.91. The standard InChI is InChI=1S/C14H28N2O3/c1-5-16(11(2)10-19-4)9-8-14(3,13(17)18)15-12-6-7-12/h11-12,15H,5-10H2,1-4H3,(H,17,18). The molecule has 0 spiro atoms. The van der Waals surface area contributed by atoms with Crippen molar-refractivity contribution in [2.45, 2.75) is 57.7 Å². The van der Waals surface area contributed by atoms with Gasteiger partial charge in [0.05, 0.1) is 6.61 Å². The van der Waals surface area contributed by atoms with Crippen molar-refractivity contribution in [1.29, 1.82) is 0 Å². The number of nitrogens with one attached hydrogen (secondary N) is 1. The van der Waals surface area contributed by atoms with Crippen molar-refractivity contribution in [3.63, 3.8) is 0 Å². The van der Waals surface area contributed by atoms with E-state index in [9.17, 15) is 9.90 Å². The number of rotatable bonds is 10. The van der Waals surface area contributed by atoms with E-state index in [-0.39, 0.29) is 0 Å². The number of carbonyl (C=O) groups is 1. The first-order valence-electron chi connectivity index (χ1n) is 7.17. The summed E-state index contributed by atoms with van der Waals surface area (Å²) in [7, 11) is 1.69. The molecule has 0 aromatic heterocycles. The Bertz CT molecular complexity index is 294. The molecule has 112 valence electrons. The second kappa shape index (κ2) is 7.22. The van der Waals surface area contributed by atoms with Gasteiger partial charge >= 0.3 is 5.97 Å². The number of methoxy groups -OCH3 is 1. The maximum atomic E-state index is 11.5. The van der Waals surface area contributed by atoms with E-state index in [1.807, 2.05) is 0 Å². The van der Waals surface area contributed by atoms with Crippen LogP contribution < -0.4 is 5.32 Å². The molecule has 0 aliphatic heterocycles. The van der Waals surface area contributed by atoms with E-state index in [1.165, 1.54) is 0 Å². The van der Waals surface area contributed by atoms with Crippen LogP contribution in [0.5, 0.6) is 0 Å². The molecule has 0 bridgehead atoms. The zero-order valence-electron chi connectivity index (χ0n) is 12.6. The molecular formula is C14H28N2O3. The molecule has 5 nitrogen and oxygen atoms in total. The van der Waals surface area contributed by atoms with E-state index in [0.717, 1.165) is 25.9 Å². The zero-order chi connectivity index (χ0) is 14.5. The molecule has 2 N–H and O–H groups in total. The van der Waals surface area contributed by atoms with E-state index in [0.29, 0.717) is 25.1 Å². The molecule has 0 aromatic rings. The molecule has 1 rings (SSSR count). The molecule has 0 amide bonds. The van der Waals surface area contributed by atoms with Gasteiger partial charge in [0.2, 0.25) is 0 Å². The maximum Gasteiger partial charge on any atom is 0.323 e. The summed E-state index contributed by atoms with van der Waals surface area (Å²) in [6.45, 7) is 8.35. The van der Waals surface area contributed by atoms with Crippen LogP contribution in [0.2, 0.25) is 0 Å². The van der Waals surface area contributed by atoms with Crippen LogP contribution in [-0.2, 0) is 9.53 Å². The van der Waals surface area contributed by atoms with Gasteiger partial charge < -0.3 is 9.84 Å². The van der Waals surface area contributed by atoms with E-state index < -0.39 is 11.5 Å². The fourth-order valence-corrected chi connectivity index (χ4v) is 2.32. The van der Waals surface area contributed by atoms with Crippen molar-refractivity contribution in [3.05, 3.63) is 0 Å². The van der Waals surface area contributed by atoms with E-state index >= 15 is 0 Å². The zero-order valence-corrected chi connectivity index (χ0v) is 12.6. The lowest BCUT2D eigenvalue weighted by molar-refractivity contribution is -0.144. The van der Waals surface area contributed by atoms with Gasteiger partial charge in [-0.3, -0.25) is 15.0 Å². The number of hydrogen-bond acceptors (Lipinski definition) is 4. The highest BCUT2D eigenvalue weighted by molar-refractivity contribution is 5.78. The van der Waals surface area contributed by atoms with Gasteiger partial charge in [0.1, 0.15) is 5.54 Å². The lowest BCUT2D eigenvalue weighted by atomic mass is 9.97. The number of carboxylic acids is 1. The molecule has 1 saturated carbocycles. The number of likely N-dealkylation sites (N-methyl/N-ethyl adjacent to an activating group) is 1. The Hall–Kier alpha value is -0.650. The molecule has 0 radical (unpaired) electrons. The molecular weight excluding hydrogens is 244 g/mol. The third kappa shape index (κ3) is 5.09. The summed E-state index contributed by atoms with van der Waals surface area (Å²) in [5, 5.41) is 12.7. The SMILES string of the molecule is CCN(CCC(C)(NC1CC1)C(=O)O)C(C)COC. The van der Waals surface area contributed by atoms with Crippen molar-refractivity contribution in [2.75, 3.05) is 26.8 Å². The minimum Gasteiger partial charge on any atom is -0.480 e. The summed E-state index contributed by atoms with van der Waals surface area (Å²) < 4.78 is 5.17. The van der Waals surface area contributed by atoms with E-state index in [2.05, 4.69) is 24.1 Å². The fourth-order valence-electron chi connectivity index (χ4n) is 2.32. The Labute approximate surface area is 116 Å². The lowest BCUT2D eigenvalue weighted by Gasteiger charge is -2.32. The third-order valence-electron chi connectivity index (χ3n) is 3.91. The Morgan fingerprint density at radius 3 is 2.63 bits per heavy atom. The van der Waals surface area contributed by atoms with Crippen molar-refractivity contribution >= 4 is 5.97 Å². The van der Waals surface area contributed by atoms with E-state index in [1.54, 1.807) is 14.0 Å². The molecule has 1 fully saturated rings. The average Bonchev–Trinajstić information content (AvgIpc) is 3.13. The first kappa shape index (κ1) is 16.4. The average molecular weight is 272 g/mol. The van der Waals surface area contributed by atoms with Crippen LogP contribution in [0.3, 0.4) is 0 Å². The van der Waals surface area contributed by atoms with Gasteiger partial charge in [-0.25, -0.2) is 0 Å². The first-order valence-corrected chi connectivity index (χ1v) is 7.17. The highest BCUT2D eigenvalue weighted by atomic mass is 16.5. The monoisotopic (exact) mass is 272 g/mol. The van der Waals surface area contributed by atoms with Crippen LogP contribution in [0.4, 0.5) is 0 Å². The molecule has 0 heterocycles. The van der Waals surface area contributed by atoms with Gasteiger partial charge in [-0.15, -0.1) is 0 Å². The highest BCUT2D eigenvalue weighted by Crippen LogP contribution is 2.24. The van der Waals surface area contributed by atoms with Crippen molar-refractivity contribution in [3.8, 4) is 0 Å². The number of hydrogen-bond donors (Lipinski definition) is 2. The smallest absolute Gasteiger partial charge is 0.323 e. The number of carboxylic acid groups (broad SMARTS) is 1. The quantitative estimate of drug-likeness (QED) is 0.628. The fraction of sp³-hybridized carbons (Fsp3) is 0.929. The Morgan fingerprint density at radius 2 is 2.21 bits per heavy atom. The Morgan fingerprint density at radius 1 is 1.58 bits per heavy atom. The Balaban J connectivity index is 2.51. The molecule has 1 aliphatic rings. The summed E-state index contributed by atoms with van der Waals surface area (Å²) in [6, 6.07) is 0.710. The van der Waals surface area contributed by atoms with Crippen LogP contribution in [0.15, 0.2) is 0 Å². The summed E-state index contributed by atoms with van der Waals surface area (Å²) >= 11 is 0. The van der Waals surface area contributed by atoms with Crippen LogP contribution in [0.1, 0.15) is 40.0 Å². The molecule has 0 aromatic carbocycles. The minimum atomic E-state index is -0.818. The highest BCUT2D eigenvalue weighted by Gasteiger charge is 2.38. The summed E-state index contributed by atoms with van der Waals surface area (Å²) in [4.78, 5) is 13.7. The topological polar surface area (TPSA) is 61.8 Å². The number of aliphatic carboxylic acids is 1. The normalized spacial score (nSPS) is 20.3. The van der Waals surface area contributed by atoms with Gasteiger partial charge in [0.25, 0.3) is 0 Å². The van der Waals surface area contributed by atoms with Crippen molar-refractivity contribution < 1.29 is 14.6 Å². The van der Waals surface area contributed by atoms with Gasteiger partial charge in [0.15, 0.2) is 0 Å². The van der Waals surface area contributed by atoms with Crippen LogP contribution in [-0.4, -0.2) is 60.4 Å². The van der Waals surface area contributed by atoms with E-state index in [4.69, 9.17) is 4.74 Å². The molecule has 19 heavy (non-hydrogen) atoms. The predicted molar refractivity (Wildman–Crippen MR) is 75.4 cm³/mol. The molecule has 1 aliphatic carbocycles. The number of ether oxygens (including phenoxy) is 1. The summed E-state index contributed by atoms with van der Waals surface area (Å²) in [5.41, 5.74) is -0.818. The van der Waals surface area contributed by atoms with Crippen molar-refractivity contribution in [1.82, 2.24) is 10.2 Å². The summed E-state index contributed by atoms with van der Waals surface area (Å²) in [6.07, 6.45) is 2.81. The van der Waals surface area contributed by atoms with Crippen LogP contribution >= 0.6 is 0 Å². The Kier molecular flexibility index (Phi) is 6.23. The maximum absolute atomic E-state index is 11.5. The minimum absolute atomic E-state index is 0.314. The van der Waals surface area contributed by atoms with Crippen LogP contribution in [0.25, 0.3) is 0 Å². The first-order chi connectivity index (χ1) is 8.92. The van der Waals surface area contributed by atoms with Gasteiger partial charge in [-0.1, -0.05) is 6.92 Å². The van der Waals surface area contributed by atoms with Gasteiger partial charge in [-0.2, -0.15) is 0 Å². The van der Waals surface area contributed by atoms with Gasteiger partial charge in [-0.05, 0) is 39.7 Å². The van der Waals surface area contributed by atoms with Crippen molar-refractivity contribution in [2.24, 2.45) is 0 Å². The van der Waals surface area contributed by atoms with Crippen LogP contribution in [0, 0.1) is 0 Å². The second-order valence-electron chi connectivity index (χ2n) is 5.74. The molecule has 2 atom stereocenters. The van der Waals surface area contributed by atoms with Gasteiger partial charge in [0, 0.05) is 25.7 Å². The second-order valence-corrected chi connectivity index (χ2v) is 5.74. The molecule has 2 unspecified atom stereocenters. The summed E-state index contributed by atoms with van der Waals surface area (Å²) in [5.74, 6) is -0.755. The molecule has 0 saturated heterocycles. The predicted octanol–water partition coefficient (Wildman–Crippen LogP) is 1.33. The number of nitrogens with zero attached hydrogens (tertiary/aromatic N) is 1.